The molecule has 0 aliphatic heterocycles. The van der Waals surface area contributed by atoms with Crippen molar-refractivity contribution in [3.05, 3.63) is 53.1 Å². The van der Waals surface area contributed by atoms with Crippen molar-refractivity contribution in [3.63, 3.8) is 0 Å². The third-order valence-electron chi connectivity index (χ3n) is 5.22. The molecule has 0 atom stereocenters. The second-order valence-electron chi connectivity index (χ2n) is 7.81. The van der Waals surface area contributed by atoms with Crippen molar-refractivity contribution in [2.45, 2.75) is 27.7 Å². The minimum atomic E-state index is -0.350. The molecule has 0 saturated heterocycles. The van der Waals surface area contributed by atoms with Gasteiger partial charge in [0.25, 0.3) is 5.91 Å². The van der Waals surface area contributed by atoms with Gasteiger partial charge < -0.3 is 25.8 Å². The van der Waals surface area contributed by atoms with E-state index >= 15 is 0 Å². The zero-order valence-corrected chi connectivity index (χ0v) is 19.5. The standard InChI is InChI=1S/C24H35N5O2/c1-7-29(8-2)14-13-25-23(30)20-16-19(10-12-22(20)28(5)6)26-24(31)27-21-11-9-17(3)15-18(21)4/h9-12,15-16H,7-8,13-14H2,1-6H3,(H,25,30)(H2,26,27,31). The highest BCUT2D eigenvalue weighted by Gasteiger charge is 2.15. The molecule has 31 heavy (non-hydrogen) atoms. The predicted octanol–water partition coefficient (Wildman–Crippen LogP) is 4.09. The molecule has 2 aromatic carbocycles. The van der Waals surface area contributed by atoms with E-state index in [1.54, 1.807) is 12.1 Å². The summed E-state index contributed by atoms with van der Waals surface area (Å²) < 4.78 is 0. The first-order valence-corrected chi connectivity index (χ1v) is 10.7. The van der Waals surface area contributed by atoms with Gasteiger partial charge in [-0.05, 0) is 56.8 Å². The molecule has 3 N–H and O–H groups in total. The van der Waals surface area contributed by atoms with Crippen LogP contribution in [0, 0.1) is 13.8 Å². The SMILES string of the molecule is CCN(CC)CCNC(=O)c1cc(NC(=O)Nc2ccc(C)cc2C)ccc1N(C)C. The van der Waals surface area contributed by atoms with E-state index in [0.29, 0.717) is 17.8 Å². The molecule has 168 valence electrons. The Kier molecular flexibility index (Phi) is 8.88. The van der Waals surface area contributed by atoms with Crippen molar-refractivity contribution in [3.8, 4) is 0 Å². The topological polar surface area (TPSA) is 76.7 Å². The number of nitrogens with zero attached hydrogens (tertiary/aromatic N) is 2. The van der Waals surface area contributed by atoms with Gasteiger partial charge in [0, 0.05) is 44.2 Å². The van der Waals surface area contributed by atoms with Crippen LogP contribution in [0.3, 0.4) is 0 Å². The van der Waals surface area contributed by atoms with Crippen LogP contribution in [0.25, 0.3) is 0 Å². The van der Waals surface area contributed by atoms with Crippen molar-refractivity contribution in [2.24, 2.45) is 0 Å². The maximum atomic E-state index is 12.8. The summed E-state index contributed by atoms with van der Waals surface area (Å²) in [6.07, 6.45) is 0. The number of hydrogen-bond donors (Lipinski definition) is 3. The number of aryl methyl sites for hydroxylation is 2. The van der Waals surface area contributed by atoms with Crippen LogP contribution in [0.4, 0.5) is 21.9 Å². The predicted molar refractivity (Wildman–Crippen MR) is 129 cm³/mol. The number of hydrogen-bond acceptors (Lipinski definition) is 4. The Labute approximate surface area is 185 Å². The molecular weight excluding hydrogens is 390 g/mol. The van der Waals surface area contributed by atoms with E-state index in [-0.39, 0.29) is 11.9 Å². The average molecular weight is 426 g/mol. The molecule has 0 bridgehead atoms. The van der Waals surface area contributed by atoms with Gasteiger partial charge in [-0.15, -0.1) is 0 Å². The number of nitrogens with one attached hydrogen (secondary N) is 3. The van der Waals surface area contributed by atoms with Gasteiger partial charge in [-0.3, -0.25) is 4.79 Å². The normalized spacial score (nSPS) is 10.7. The molecule has 0 heterocycles. The van der Waals surface area contributed by atoms with Crippen LogP contribution in [0.15, 0.2) is 36.4 Å². The van der Waals surface area contributed by atoms with Gasteiger partial charge in [0.2, 0.25) is 0 Å². The Bertz CT molecular complexity index is 907. The van der Waals surface area contributed by atoms with E-state index in [4.69, 9.17) is 0 Å². The molecule has 3 amide bonds. The summed E-state index contributed by atoms with van der Waals surface area (Å²) in [5.74, 6) is -0.158. The number of carbonyl (C=O) groups excluding carboxylic acids is 2. The summed E-state index contributed by atoms with van der Waals surface area (Å²) in [4.78, 5) is 29.5. The summed E-state index contributed by atoms with van der Waals surface area (Å²) >= 11 is 0. The molecule has 0 fully saturated rings. The zero-order valence-electron chi connectivity index (χ0n) is 19.5. The van der Waals surface area contributed by atoms with Crippen molar-refractivity contribution in [2.75, 3.05) is 55.8 Å². The molecule has 0 unspecified atom stereocenters. The second kappa shape index (κ2) is 11.4. The lowest BCUT2D eigenvalue weighted by molar-refractivity contribution is 0.0949. The molecule has 7 nitrogen and oxygen atoms in total. The van der Waals surface area contributed by atoms with Crippen LogP contribution >= 0.6 is 0 Å². The number of anilines is 3. The largest absolute Gasteiger partial charge is 0.377 e. The summed E-state index contributed by atoms with van der Waals surface area (Å²) in [6, 6.07) is 10.8. The molecule has 2 aromatic rings. The number of urea groups is 1. The molecule has 0 spiro atoms. The van der Waals surface area contributed by atoms with Crippen LogP contribution in [-0.4, -0.2) is 57.1 Å². The fourth-order valence-corrected chi connectivity index (χ4v) is 3.39. The van der Waals surface area contributed by atoms with Crippen molar-refractivity contribution in [1.29, 1.82) is 0 Å². The van der Waals surface area contributed by atoms with E-state index in [0.717, 1.165) is 42.1 Å². The minimum absolute atomic E-state index is 0.158. The number of amides is 3. The zero-order chi connectivity index (χ0) is 23.0. The number of carbonyl (C=O) groups is 2. The van der Waals surface area contributed by atoms with Crippen molar-refractivity contribution in [1.82, 2.24) is 10.2 Å². The van der Waals surface area contributed by atoms with Gasteiger partial charge in [0.15, 0.2) is 0 Å². The second-order valence-corrected chi connectivity index (χ2v) is 7.81. The minimum Gasteiger partial charge on any atom is -0.377 e. The van der Waals surface area contributed by atoms with E-state index in [1.165, 1.54) is 0 Å². The summed E-state index contributed by atoms with van der Waals surface area (Å²) in [6.45, 7) is 11.4. The van der Waals surface area contributed by atoms with Gasteiger partial charge in [-0.25, -0.2) is 4.79 Å². The van der Waals surface area contributed by atoms with Crippen LogP contribution in [0.5, 0.6) is 0 Å². The number of benzene rings is 2. The Balaban J connectivity index is 2.11. The highest BCUT2D eigenvalue weighted by Crippen LogP contribution is 2.23. The highest BCUT2D eigenvalue weighted by molar-refractivity contribution is 6.04. The van der Waals surface area contributed by atoms with Crippen LogP contribution in [-0.2, 0) is 0 Å². The molecule has 7 heteroatoms. The van der Waals surface area contributed by atoms with E-state index in [2.05, 4.69) is 34.7 Å². The van der Waals surface area contributed by atoms with Gasteiger partial charge in [-0.1, -0.05) is 31.5 Å². The monoisotopic (exact) mass is 425 g/mol. The Morgan fingerprint density at radius 2 is 1.65 bits per heavy atom. The van der Waals surface area contributed by atoms with E-state index < -0.39 is 0 Å². The maximum Gasteiger partial charge on any atom is 0.323 e. The van der Waals surface area contributed by atoms with Crippen LogP contribution in [0.1, 0.15) is 35.3 Å². The summed E-state index contributed by atoms with van der Waals surface area (Å²) in [5.41, 5.74) is 4.75. The van der Waals surface area contributed by atoms with Crippen molar-refractivity contribution >= 4 is 29.0 Å². The first kappa shape index (κ1) is 24.2. The Hall–Kier alpha value is -3.06. The smallest absolute Gasteiger partial charge is 0.323 e. The highest BCUT2D eigenvalue weighted by atomic mass is 16.2. The van der Waals surface area contributed by atoms with Gasteiger partial charge >= 0.3 is 6.03 Å². The molecular formula is C24H35N5O2. The fourth-order valence-electron chi connectivity index (χ4n) is 3.39. The molecule has 0 aliphatic rings. The van der Waals surface area contributed by atoms with E-state index in [1.807, 2.05) is 57.1 Å². The van der Waals surface area contributed by atoms with Gasteiger partial charge in [0.1, 0.15) is 0 Å². The number of likely N-dealkylation sites (N-methyl/N-ethyl adjacent to an activating group) is 1. The molecule has 2 rings (SSSR count). The first-order chi connectivity index (χ1) is 14.7. The lowest BCUT2D eigenvalue weighted by atomic mass is 10.1. The molecule has 0 radical (unpaired) electrons. The third-order valence-corrected chi connectivity index (χ3v) is 5.22. The van der Waals surface area contributed by atoms with Crippen LogP contribution < -0.4 is 20.9 Å². The van der Waals surface area contributed by atoms with Gasteiger partial charge in [0.05, 0.1) is 5.56 Å². The van der Waals surface area contributed by atoms with Gasteiger partial charge in [-0.2, -0.15) is 0 Å². The quantitative estimate of drug-likeness (QED) is 0.566. The average Bonchev–Trinajstić information content (AvgIpc) is 2.73. The van der Waals surface area contributed by atoms with E-state index in [9.17, 15) is 9.59 Å². The Morgan fingerprint density at radius 1 is 0.935 bits per heavy atom. The van der Waals surface area contributed by atoms with Crippen LogP contribution in [0.2, 0.25) is 0 Å². The summed E-state index contributed by atoms with van der Waals surface area (Å²) in [7, 11) is 3.78. The third kappa shape index (κ3) is 7.00. The summed E-state index contributed by atoms with van der Waals surface area (Å²) in [5, 5.41) is 8.69. The lowest BCUT2D eigenvalue weighted by Crippen LogP contribution is -2.35. The lowest BCUT2D eigenvalue weighted by Gasteiger charge is -2.20. The van der Waals surface area contributed by atoms with Crippen molar-refractivity contribution < 1.29 is 9.59 Å². The molecule has 0 saturated carbocycles. The fraction of sp³-hybridized carbons (Fsp3) is 0.417. The Morgan fingerprint density at radius 3 is 2.26 bits per heavy atom. The molecule has 0 aromatic heterocycles. The number of rotatable bonds is 9. The maximum absolute atomic E-state index is 12.8. The first-order valence-electron chi connectivity index (χ1n) is 10.7. The molecule has 0 aliphatic carbocycles.